The van der Waals surface area contributed by atoms with E-state index in [1.807, 2.05) is 31.3 Å². The van der Waals surface area contributed by atoms with Gasteiger partial charge in [0, 0.05) is 29.5 Å². The van der Waals surface area contributed by atoms with E-state index in [4.69, 9.17) is 0 Å². The number of carbonyl (C=O) groups is 2. The summed E-state index contributed by atoms with van der Waals surface area (Å²) in [5, 5.41) is 5.83. The zero-order valence-electron chi connectivity index (χ0n) is 11.4. The third kappa shape index (κ3) is 3.23. The minimum atomic E-state index is -0.201. The van der Waals surface area contributed by atoms with Crippen LogP contribution in [0.15, 0.2) is 48.5 Å². The van der Waals surface area contributed by atoms with E-state index in [-0.39, 0.29) is 11.7 Å². The fourth-order valence-electron chi connectivity index (χ4n) is 1.81. The van der Waals surface area contributed by atoms with Crippen molar-refractivity contribution in [1.82, 2.24) is 0 Å². The predicted molar refractivity (Wildman–Crippen MR) is 80.4 cm³/mol. The van der Waals surface area contributed by atoms with Gasteiger partial charge < -0.3 is 10.6 Å². The molecule has 0 spiro atoms. The van der Waals surface area contributed by atoms with E-state index in [2.05, 4.69) is 10.6 Å². The smallest absolute Gasteiger partial charge is 0.255 e. The molecule has 2 N–H and O–H groups in total. The van der Waals surface area contributed by atoms with Crippen molar-refractivity contribution in [3.05, 3.63) is 59.7 Å². The predicted octanol–water partition coefficient (Wildman–Crippen LogP) is 3.18. The highest BCUT2D eigenvalue weighted by Gasteiger charge is 2.07. The Kier molecular flexibility index (Phi) is 4.15. The number of benzene rings is 2. The fourth-order valence-corrected chi connectivity index (χ4v) is 1.81. The van der Waals surface area contributed by atoms with Crippen molar-refractivity contribution in [2.24, 2.45) is 0 Å². The molecule has 2 rings (SSSR count). The van der Waals surface area contributed by atoms with Gasteiger partial charge in [-0.05, 0) is 37.3 Å². The average molecular weight is 268 g/mol. The number of hydrogen-bond acceptors (Lipinski definition) is 3. The summed E-state index contributed by atoms with van der Waals surface area (Å²) in [7, 11) is 1.82. The summed E-state index contributed by atoms with van der Waals surface area (Å²) in [6.07, 6.45) is 0. The first-order valence-corrected chi connectivity index (χ1v) is 6.30. The Hall–Kier alpha value is -2.62. The van der Waals surface area contributed by atoms with Crippen LogP contribution in [0.2, 0.25) is 0 Å². The van der Waals surface area contributed by atoms with Crippen LogP contribution in [-0.4, -0.2) is 18.7 Å². The highest BCUT2D eigenvalue weighted by atomic mass is 16.1. The summed E-state index contributed by atoms with van der Waals surface area (Å²) in [6, 6.07) is 14.0. The van der Waals surface area contributed by atoms with Crippen LogP contribution in [0.4, 0.5) is 11.4 Å². The summed E-state index contributed by atoms with van der Waals surface area (Å²) in [6.45, 7) is 1.50. The number of hydrogen-bond donors (Lipinski definition) is 2. The number of amides is 1. The van der Waals surface area contributed by atoms with Crippen LogP contribution >= 0.6 is 0 Å². The molecule has 20 heavy (non-hydrogen) atoms. The normalized spacial score (nSPS) is 9.90. The van der Waals surface area contributed by atoms with Gasteiger partial charge in [0.25, 0.3) is 5.91 Å². The third-order valence-corrected chi connectivity index (χ3v) is 2.96. The minimum absolute atomic E-state index is 0.0151. The molecule has 0 radical (unpaired) electrons. The zero-order chi connectivity index (χ0) is 14.5. The standard InChI is InChI=1S/C16H16N2O2/c1-11(19)12-6-8-13(9-7-12)16(20)18-15-5-3-4-14(10-15)17-2/h3-10,17H,1-2H3,(H,18,20). The number of ketones is 1. The Labute approximate surface area is 117 Å². The lowest BCUT2D eigenvalue weighted by atomic mass is 10.1. The van der Waals surface area contributed by atoms with E-state index in [9.17, 15) is 9.59 Å². The van der Waals surface area contributed by atoms with Crippen molar-refractivity contribution in [2.75, 3.05) is 17.7 Å². The highest BCUT2D eigenvalue weighted by molar-refractivity contribution is 6.05. The van der Waals surface area contributed by atoms with E-state index in [1.54, 1.807) is 24.3 Å². The highest BCUT2D eigenvalue weighted by Crippen LogP contribution is 2.15. The van der Waals surface area contributed by atoms with Gasteiger partial charge in [0.15, 0.2) is 5.78 Å². The molecule has 4 nitrogen and oxygen atoms in total. The average Bonchev–Trinajstić information content (AvgIpc) is 2.47. The van der Waals surface area contributed by atoms with Crippen LogP contribution in [0.3, 0.4) is 0 Å². The van der Waals surface area contributed by atoms with Gasteiger partial charge >= 0.3 is 0 Å². The van der Waals surface area contributed by atoms with E-state index in [0.29, 0.717) is 11.1 Å². The second-order valence-corrected chi connectivity index (χ2v) is 4.42. The maximum Gasteiger partial charge on any atom is 0.255 e. The molecule has 0 saturated heterocycles. The molecular formula is C16H16N2O2. The molecule has 4 heteroatoms. The molecule has 1 amide bonds. The van der Waals surface area contributed by atoms with Crippen molar-refractivity contribution in [1.29, 1.82) is 0 Å². The van der Waals surface area contributed by atoms with Crippen molar-refractivity contribution in [3.8, 4) is 0 Å². The fraction of sp³-hybridized carbons (Fsp3) is 0.125. The maximum atomic E-state index is 12.1. The summed E-state index contributed by atoms with van der Waals surface area (Å²) < 4.78 is 0. The molecule has 102 valence electrons. The molecule has 0 bridgehead atoms. The van der Waals surface area contributed by atoms with Gasteiger partial charge in [0.1, 0.15) is 0 Å². The maximum absolute atomic E-state index is 12.1. The Morgan fingerprint density at radius 2 is 1.50 bits per heavy atom. The van der Waals surface area contributed by atoms with E-state index in [0.717, 1.165) is 11.4 Å². The molecule has 0 unspecified atom stereocenters. The number of anilines is 2. The van der Waals surface area contributed by atoms with Crippen LogP contribution in [0, 0.1) is 0 Å². The van der Waals surface area contributed by atoms with Crippen molar-refractivity contribution >= 4 is 23.1 Å². The summed E-state index contributed by atoms with van der Waals surface area (Å²) >= 11 is 0. The first-order chi connectivity index (χ1) is 9.60. The van der Waals surface area contributed by atoms with Crippen molar-refractivity contribution < 1.29 is 9.59 Å². The number of Topliss-reactive ketones (excluding diaryl/α,β-unsaturated/α-hetero) is 1. The Bertz CT molecular complexity index is 633. The molecule has 0 aromatic heterocycles. The van der Waals surface area contributed by atoms with E-state index < -0.39 is 0 Å². The van der Waals surface area contributed by atoms with E-state index in [1.165, 1.54) is 6.92 Å². The Balaban J connectivity index is 2.13. The second kappa shape index (κ2) is 6.02. The molecular weight excluding hydrogens is 252 g/mol. The lowest BCUT2D eigenvalue weighted by Crippen LogP contribution is -2.12. The van der Waals surface area contributed by atoms with Crippen molar-refractivity contribution in [3.63, 3.8) is 0 Å². The van der Waals surface area contributed by atoms with Crippen LogP contribution in [0.1, 0.15) is 27.6 Å². The number of carbonyl (C=O) groups excluding carboxylic acids is 2. The van der Waals surface area contributed by atoms with Gasteiger partial charge in [-0.25, -0.2) is 0 Å². The monoisotopic (exact) mass is 268 g/mol. The topological polar surface area (TPSA) is 58.2 Å². The van der Waals surface area contributed by atoms with Crippen LogP contribution in [-0.2, 0) is 0 Å². The first-order valence-electron chi connectivity index (χ1n) is 6.30. The van der Waals surface area contributed by atoms with Crippen LogP contribution in [0.5, 0.6) is 0 Å². The molecule has 0 fully saturated rings. The van der Waals surface area contributed by atoms with Gasteiger partial charge in [-0.1, -0.05) is 18.2 Å². The Morgan fingerprint density at radius 3 is 2.10 bits per heavy atom. The second-order valence-electron chi connectivity index (χ2n) is 4.42. The molecule has 0 saturated carbocycles. The summed E-state index contributed by atoms with van der Waals surface area (Å²) in [5.74, 6) is -0.216. The Morgan fingerprint density at radius 1 is 0.900 bits per heavy atom. The summed E-state index contributed by atoms with van der Waals surface area (Å²) in [5.41, 5.74) is 2.76. The molecule has 2 aromatic carbocycles. The third-order valence-electron chi connectivity index (χ3n) is 2.96. The summed E-state index contributed by atoms with van der Waals surface area (Å²) in [4.78, 5) is 23.3. The first kappa shape index (κ1) is 13.8. The van der Waals surface area contributed by atoms with Gasteiger partial charge in [0.05, 0.1) is 0 Å². The molecule has 0 atom stereocenters. The van der Waals surface area contributed by atoms with Crippen LogP contribution in [0.25, 0.3) is 0 Å². The van der Waals surface area contributed by atoms with Gasteiger partial charge in [0.2, 0.25) is 0 Å². The lowest BCUT2D eigenvalue weighted by molar-refractivity contribution is 0.101. The number of rotatable bonds is 4. The molecule has 0 aliphatic rings. The molecule has 0 heterocycles. The molecule has 2 aromatic rings. The van der Waals surface area contributed by atoms with Crippen LogP contribution < -0.4 is 10.6 Å². The SMILES string of the molecule is CNc1cccc(NC(=O)c2ccc(C(C)=O)cc2)c1. The molecule has 0 aliphatic heterocycles. The number of nitrogens with one attached hydrogen (secondary N) is 2. The minimum Gasteiger partial charge on any atom is -0.388 e. The largest absolute Gasteiger partial charge is 0.388 e. The van der Waals surface area contributed by atoms with Gasteiger partial charge in [-0.15, -0.1) is 0 Å². The van der Waals surface area contributed by atoms with E-state index >= 15 is 0 Å². The van der Waals surface area contributed by atoms with Crippen molar-refractivity contribution in [2.45, 2.75) is 6.92 Å². The van der Waals surface area contributed by atoms with Gasteiger partial charge in [-0.3, -0.25) is 9.59 Å². The van der Waals surface area contributed by atoms with Gasteiger partial charge in [-0.2, -0.15) is 0 Å². The molecule has 0 aliphatic carbocycles. The zero-order valence-corrected chi connectivity index (χ0v) is 11.4. The lowest BCUT2D eigenvalue weighted by Gasteiger charge is -2.07. The quantitative estimate of drug-likeness (QED) is 0.837.